The first-order valence-electron chi connectivity index (χ1n) is 5.62. The van der Waals surface area contributed by atoms with Crippen LogP contribution in [0.3, 0.4) is 0 Å². The summed E-state index contributed by atoms with van der Waals surface area (Å²) in [4.78, 5) is 21.4. The van der Waals surface area contributed by atoms with Gasteiger partial charge < -0.3 is 10.4 Å². The Hall–Kier alpha value is -1.87. The number of carboxylic acid groups (broad SMARTS) is 1. The van der Waals surface area contributed by atoms with Gasteiger partial charge >= 0.3 is 5.97 Å². The second kappa shape index (κ2) is 6.27. The second-order valence-corrected chi connectivity index (χ2v) is 5.70. The molecule has 0 aliphatic heterocycles. The maximum atomic E-state index is 11.0. The van der Waals surface area contributed by atoms with E-state index in [0.29, 0.717) is 5.69 Å². The van der Waals surface area contributed by atoms with Crippen LogP contribution in [-0.2, 0) is 0 Å². The number of rotatable bonds is 4. The summed E-state index contributed by atoms with van der Waals surface area (Å²) in [6.07, 6.45) is 0. The number of carboxylic acids is 1. The summed E-state index contributed by atoms with van der Waals surface area (Å²) in [6, 6.07) is 8.84. The molecule has 0 amide bonds. The molecular weight excluding hydrogens is 411 g/mol. The molecule has 0 aliphatic rings. The Balaban J connectivity index is 2.39. The summed E-state index contributed by atoms with van der Waals surface area (Å²) in [5.41, 5.74) is 0.638. The molecule has 0 atom stereocenters. The fourth-order valence-corrected chi connectivity index (χ4v) is 2.36. The van der Waals surface area contributed by atoms with Gasteiger partial charge in [0, 0.05) is 9.64 Å². The van der Waals surface area contributed by atoms with Crippen LogP contribution in [-0.4, -0.2) is 16.0 Å². The highest BCUT2D eigenvalue weighted by Gasteiger charge is 2.15. The third-order valence-corrected chi connectivity index (χ3v) is 3.63. The second-order valence-electron chi connectivity index (χ2n) is 4.04. The number of benzene rings is 2. The van der Waals surface area contributed by atoms with Crippen LogP contribution >= 0.6 is 34.2 Å². The van der Waals surface area contributed by atoms with E-state index in [-0.39, 0.29) is 22.0 Å². The zero-order chi connectivity index (χ0) is 15.6. The van der Waals surface area contributed by atoms with Crippen molar-refractivity contribution in [2.75, 3.05) is 5.32 Å². The Labute approximate surface area is 138 Å². The Morgan fingerprint density at radius 3 is 2.48 bits per heavy atom. The van der Waals surface area contributed by atoms with Gasteiger partial charge in [-0.25, -0.2) is 4.79 Å². The molecule has 8 heteroatoms. The SMILES string of the molecule is O=C(O)c1ccc(Nc2ccc(I)cc2[N+](=O)[O-])c(Cl)c1. The number of aromatic carboxylic acids is 1. The van der Waals surface area contributed by atoms with Gasteiger partial charge in [0.1, 0.15) is 5.69 Å². The minimum absolute atomic E-state index is 0.0441. The summed E-state index contributed by atoms with van der Waals surface area (Å²) in [7, 11) is 0. The Bertz CT molecular complexity index is 736. The molecule has 0 aliphatic carbocycles. The van der Waals surface area contributed by atoms with Gasteiger partial charge in [-0.15, -0.1) is 0 Å². The lowest BCUT2D eigenvalue weighted by molar-refractivity contribution is -0.384. The molecule has 0 fully saturated rings. The Kier molecular flexibility index (Phi) is 4.63. The van der Waals surface area contributed by atoms with E-state index in [1.165, 1.54) is 24.3 Å². The third kappa shape index (κ3) is 3.61. The summed E-state index contributed by atoms with van der Waals surface area (Å²) < 4.78 is 0.733. The summed E-state index contributed by atoms with van der Waals surface area (Å²) in [6.45, 7) is 0. The van der Waals surface area contributed by atoms with E-state index in [9.17, 15) is 14.9 Å². The van der Waals surface area contributed by atoms with Crippen molar-refractivity contribution in [1.29, 1.82) is 0 Å². The number of hydrogen-bond acceptors (Lipinski definition) is 4. The van der Waals surface area contributed by atoms with E-state index in [1.807, 2.05) is 22.6 Å². The highest BCUT2D eigenvalue weighted by molar-refractivity contribution is 14.1. The molecule has 0 saturated carbocycles. The molecule has 2 aromatic rings. The fraction of sp³-hybridized carbons (Fsp3) is 0. The van der Waals surface area contributed by atoms with Crippen molar-refractivity contribution in [2.45, 2.75) is 0 Å². The van der Waals surface area contributed by atoms with Gasteiger partial charge in [-0.3, -0.25) is 10.1 Å². The molecule has 0 saturated heterocycles. The lowest BCUT2D eigenvalue weighted by Crippen LogP contribution is -2.00. The summed E-state index contributed by atoms with van der Waals surface area (Å²) in [5, 5.41) is 22.9. The van der Waals surface area contributed by atoms with Crippen molar-refractivity contribution in [3.05, 3.63) is 60.7 Å². The number of nitrogens with zero attached hydrogens (tertiary/aromatic N) is 1. The number of nitro benzene ring substituents is 1. The van der Waals surface area contributed by atoms with Crippen molar-refractivity contribution < 1.29 is 14.8 Å². The highest BCUT2D eigenvalue weighted by Crippen LogP contribution is 2.32. The highest BCUT2D eigenvalue weighted by atomic mass is 127. The number of halogens is 2. The molecule has 0 aromatic heterocycles. The quantitative estimate of drug-likeness (QED) is 0.439. The topological polar surface area (TPSA) is 92.5 Å². The predicted molar refractivity (Wildman–Crippen MR) is 87.5 cm³/mol. The van der Waals surface area contributed by atoms with Gasteiger partial charge in [-0.05, 0) is 52.9 Å². The predicted octanol–water partition coefficient (Wildman–Crippen LogP) is 4.29. The standard InChI is InChI=1S/C13H8ClIN2O4/c14-9-5-7(13(18)19)1-3-10(9)16-11-4-2-8(15)6-12(11)17(20)21/h1-6,16H,(H,18,19). The van der Waals surface area contributed by atoms with Crippen LogP contribution in [0.5, 0.6) is 0 Å². The summed E-state index contributed by atoms with van der Waals surface area (Å²) in [5.74, 6) is -1.09. The average molecular weight is 419 g/mol. The first kappa shape index (κ1) is 15.5. The minimum Gasteiger partial charge on any atom is -0.478 e. The molecule has 0 spiro atoms. The molecule has 0 heterocycles. The third-order valence-electron chi connectivity index (χ3n) is 2.64. The van der Waals surface area contributed by atoms with Gasteiger partial charge in [0.15, 0.2) is 0 Å². The molecular formula is C13H8ClIN2O4. The maximum Gasteiger partial charge on any atom is 0.335 e. The van der Waals surface area contributed by atoms with Crippen molar-refractivity contribution >= 4 is 57.2 Å². The van der Waals surface area contributed by atoms with Crippen LogP contribution in [0, 0.1) is 13.7 Å². The van der Waals surface area contributed by atoms with Crippen LogP contribution in [0.15, 0.2) is 36.4 Å². The van der Waals surface area contributed by atoms with E-state index in [0.717, 1.165) is 3.57 Å². The number of nitro groups is 1. The number of carbonyl (C=O) groups is 1. The van der Waals surface area contributed by atoms with E-state index in [1.54, 1.807) is 12.1 Å². The van der Waals surface area contributed by atoms with Crippen LogP contribution < -0.4 is 5.32 Å². The van der Waals surface area contributed by atoms with Gasteiger partial charge in [-0.1, -0.05) is 11.6 Å². The monoisotopic (exact) mass is 418 g/mol. The van der Waals surface area contributed by atoms with Gasteiger partial charge in [-0.2, -0.15) is 0 Å². The van der Waals surface area contributed by atoms with Crippen molar-refractivity contribution in [2.24, 2.45) is 0 Å². The molecule has 0 unspecified atom stereocenters. The van der Waals surface area contributed by atoms with Gasteiger partial charge in [0.25, 0.3) is 5.69 Å². The Morgan fingerprint density at radius 1 is 1.24 bits per heavy atom. The number of nitrogens with one attached hydrogen (secondary N) is 1. The number of hydrogen-bond donors (Lipinski definition) is 2. The lowest BCUT2D eigenvalue weighted by Gasteiger charge is -2.09. The minimum atomic E-state index is -1.09. The van der Waals surface area contributed by atoms with E-state index < -0.39 is 10.9 Å². The van der Waals surface area contributed by atoms with Gasteiger partial charge in [0.2, 0.25) is 0 Å². The fourth-order valence-electron chi connectivity index (χ4n) is 1.66. The molecule has 2 N–H and O–H groups in total. The van der Waals surface area contributed by atoms with E-state index in [4.69, 9.17) is 16.7 Å². The van der Waals surface area contributed by atoms with Crippen LogP contribution in [0.1, 0.15) is 10.4 Å². The molecule has 21 heavy (non-hydrogen) atoms. The van der Waals surface area contributed by atoms with E-state index >= 15 is 0 Å². The zero-order valence-electron chi connectivity index (χ0n) is 10.3. The van der Waals surface area contributed by atoms with Gasteiger partial charge in [0.05, 0.1) is 21.2 Å². The summed E-state index contributed by atoms with van der Waals surface area (Å²) >= 11 is 7.97. The molecule has 6 nitrogen and oxygen atoms in total. The van der Waals surface area contributed by atoms with E-state index in [2.05, 4.69) is 5.32 Å². The largest absolute Gasteiger partial charge is 0.478 e. The van der Waals surface area contributed by atoms with Crippen LogP contribution in [0.4, 0.5) is 17.1 Å². The molecule has 108 valence electrons. The zero-order valence-corrected chi connectivity index (χ0v) is 13.3. The number of anilines is 2. The van der Waals surface area contributed by atoms with Crippen LogP contribution in [0.2, 0.25) is 5.02 Å². The molecule has 2 rings (SSSR count). The first-order valence-corrected chi connectivity index (χ1v) is 7.08. The van der Waals surface area contributed by atoms with Crippen molar-refractivity contribution in [1.82, 2.24) is 0 Å². The molecule has 0 bridgehead atoms. The normalized spacial score (nSPS) is 10.2. The molecule has 2 aromatic carbocycles. The average Bonchev–Trinajstić information content (AvgIpc) is 2.42. The molecule has 0 radical (unpaired) electrons. The maximum absolute atomic E-state index is 11.0. The van der Waals surface area contributed by atoms with Crippen molar-refractivity contribution in [3.8, 4) is 0 Å². The van der Waals surface area contributed by atoms with Crippen molar-refractivity contribution in [3.63, 3.8) is 0 Å². The lowest BCUT2D eigenvalue weighted by atomic mass is 10.2. The van der Waals surface area contributed by atoms with Crippen LogP contribution in [0.25, 0.3) is 0 Å². The smallest absolute Gasteiger partial charge is 0.335 e. The first-order chi connectivity index (χ1) is 9.88. The Morgan fingerprint density at radius 2 is 1.90 bits per heavy atom.